The summed E-state index contributed by atoms with van der Waals surface area (Å²) in [6, 6.07) is 24.4. The Morgan fingerprint density at radius 1 is 1.00 bits per heavy atom. The number of amides is 1. The number of oxazole rings is 1. The van der Waals surface area contributed by atoms with E-state index in [9.17, 15) is 4.79 Å². The van der Waals surface area contributed by atoms with E-state index < -0.39 is 0 Å². The van der Waals surface area contributed by atoms with Crippen LogP contribution in [0.2, 0.25) is 5.02 Å². The highest BCUT2D eigenvalue weighted by Gasteiger charge is 2.13. The van der Waals surface area contributed by atoms with Crippen molar-refractivity contribution >= 4 is 17.5 Å². The Bertz CT molecular complexity index is 1170. The Kier molecular flexibility index (Phi) is 6.87. The first-order chi connectivity index (χ1) is 15.6. The van der Waals surface area contributed by atoms with Gasteiger partial charge in [0.2, 0.25) is 5.89 Å². The minimum atomic E-state index is -0.119. The molecule has 1 heterocycles. The van der Waals surface area contributed by atoms with E-state index in [2.05, 4.69) is 10.3 Å². The van der Waals surface area contributed by atoms with E-state index in [-0.39, 0.29) is 5.91 Å². The Hall–Kier alpha value is -3.57. The number of carbonyl (C=O) groups excluding carboxylic acids is 1. The monoisotopic (exact) mass is 446 g/mol. The molecule has 32 heavy (non-hydrogen) atoms. The molecule has 4 aromatic rings. The van der Waals surface area contributed by atoms with Gasteiger partial charge in [-0.3, -0.25) is 4.79 Å². The molecule has 1 amide bonds. The lowest BCUT2D eigenvalue weighted by molar-refractivity contribution is 0.0954. The molecule has 0 aliphatic carbocycles. The van der Waals surface area contributed by atoms with Crippen molar-refractivity contribution in [3.63, 3.8) is 0 Å². The van der Waals surface area contributed by atoms with Crippen molar-refractivity contribution in [1.82, 2.24) is 10.3 Å². The van der Waals surface area contributed by atoms with Gasteiger partial charge in [-0.25, -0.2) is 4.98 Å². The second kappa shape index (κ2) is 10.2. The molecule has 0 fully saturated rings. The van der Waals surface area contributed by atoms with Crippen LogP contribution in [0.1, 0.15) is 27.4 Å². The predicted octanol–water partition coefficient (Wildman–Crippen LogP) is 5.85. The molecule has 162 valence electrons. The molecule has 0 aliphatic heterocycles. The van der Waals surface area contributed by atoms with Gasteiger partial charge in [-0.15, -0.1) is 0 Å². The molecule has 1 aromatic heterocycles. The van der Waals surface area contributed by atoms with E-state index in [4.69, 9.17) is 20.8 Å². The summed E-state index contributed by atoms with van der Waals surface area (Å²) in [7, 11) is 0. The van der Waals surface area contributed by atoms with Crippen LogP contribution in [0, 0.1) is 6.92 Å². The van der Waals surface area contributed by atoms with Crippen LogP contribution in [-0.2, 0) is 13.0 Å². The van der Waals surface area contributed by atoms with E-state index in [0.29, 0.717) is 35.4 Å². The molecule has 0 spiro atoms. The second-order valence-corrected chi connectivity index (χ2v) is 7.77. The molecule has 0 aliphatic rings. The maximum Gasteiger partial charge on any atom is 0.251 e. The Labute approximate surface area is 192 Å². The maximum atomic E-state index is 12.4. The summed E-state index contributed by atoms with van der Waals surface area (Å²) in [6.07, 6.45) is 0.740. The fourth-order valence-electron chi connectivity index (χ4n) is 3.19. The summed E-state index contributed by atoms with van der Waals surface area (Å²) in [4.78, 5) is 17.0. The molecule has 1 N–H and O–H groups in total. The number of carbonyl (C=O) groups is 1. The molecular weight excluding hydrogens is 424 g/mol. The quantitative estimate of drug-likeness (QED) is 0.368. The molecule has 0 saturated heterocycles. The Morgan fingerprint density at radius 3 is 2.44 bits per heavy atom. The van der Waals surface area contributed by atoms with Crippen LogP contribution in [0.4, 0.5) is 0 Å². The van der Waals surface area contributed by atoms with Crippen LogP contribution < -0.4 is 10.1 Å². The summed E-state index contributed by atoms with van der Waals surface area (Å²) in [5.74, 6) is 1.87. The first kappa shape index (κ1) is 21.7. The van der Waals surface area contributed by atoms with Gasteiger partial charge in [0.15, 0.2) is 0 Å². The molecule has 0 unspecified atom stereocenters. The minimum absolute atomic E-state index is 0.119. The number of aryl methyl sites for hydroxylation is 1. The fraction of sp³-hybridized carbons (Fsp3) is 0.154. The number of para-hydroxylation sites is 1. The fourth-order valence-corrected chi connectivity index (χ4v) is 3.32. The number of halogens is 1. The van der Waals surface area contributed by atoms with Crippen LogP contribution in [0.3, 0.4) is 0 Å². The molecule has 5 nitrogen and oxygen atoms in total. The van der Waals surface area contributed by atoms with Crippen molar-refractivity contribution in [2.75, 3.05) is 6.54 Å². The van der Waals surface area contributed by atoms with Crippen molar-refractivity contribution in [1.29, 1.82) is 0 Å². The van der Waals surface area contributed by atoms with Crippen LogP contribution >= 0.6 is 11.6 Å². The number of hydrogen-bond donors (Lipinski definition) is 1. The first-order valence-corrected chi connectivity index (χ1v) is 10.7. The molecule has 6 heteroatoms. The topological polar surface area (TPSA) is 64.4 Å². The molecule has 3 aromatic carbocycles. The molecule has 0 radical (unpaired) electrons. The van der Waals surface area contributed by atoms with E-state index in [1.807, 2.05) is 73.7 Å². The van der Waals surface area contributed by atoms with Crippen LogP contribution in [0.5, 0.6) is 5.75 Å². The molecule has 0 atom stereocenters. The SMILES string of the molecule is Cc1oc(-c2ccc(C(=O)NCCc3ccc(Cl)cc3)cc2)nc1COc1ccccc1. The largest absolute Gasteiger partial charge is 0.487 e. The van der Waals surface area contributed by atoms with Gasteiger partial charge in [-0.05, 0) is 67.4 Å². The van der Waals surface area contributed by atoms with Gasteiger partial charge in [-0.2, -0.15) is 0 Å². The minimum Gasteiger partial charge on any atom is -0.487 e. The van der Waals surface area contributed by atoms with Crippen LogP contribution in [0.25, 0.3) is 11.5 Å². The lowest BCUT2D eigenvalue weighted by Crippen LogP contribution is -2.25. The predicted molar refractivity (Wildman–Crippen MR) is 125 cm³/mol. The molecule has 0 saturated carbocycles. The average molecular weight is 447 g/mol. The van der Waals surface area contributed by atoms with Crippen molar-refractivity contribution in [2.45, 2.75) is 20.0 Å². The zero-order valence-corrected chi connectivity index (χ0v) is 18.4. The second-order valence-electron chi connectivity index (χ2n) is 7.33. The molecule has 4 rings (SSSR count). The maximum absolute atomic E-state index is 12.4. The number of hydrogen-bond acceptors (Lipinski definition) is 4. The highest BCUT2D eigenvalue weighted by molar-refractivity contribution is 6.30. The van der Waals surface area contributed by atoms with E-state index in [1.165, 1.54) is 0 Å². The van der Waals surface area contributed by atoms with Gasteiger partial charge in [0, 0.05) is 22.7 Å². The van der Waals surface area contributed by atoms with E-state index >= 15 is 0 Å². The number of benzene rings is 3. The number of rotatable bonds is 8. The summed E-state index contributed by atoms with van der Waals surface area (Å²) in [5.41, 5.74) is 3.25. The number of ether oxygens (including phenoxy) is 1. The van der Waals surface area contributed by atoms with Gasteiger partial charge < -0.3 is 14.5 Å². The van der Waals surface area contributed by atoms with Crippen molar-refractivity contribution < 1.29 is 13.9 Å². The van der Waals surface area contributed by atoms with E-state index in [1.54, 1.807) is 12.1 Å². The van der Waals surface area contributed by atoms with Gasteiger partial charge in [0.05, 0.1) is 0 Å². The Balaban J connectivity index is 1.33. The Morgan fingerprint density at radius 2 is 1.72 bits per heavy atom. The molecular formula is C26H23ClN2O3. The van der Waals surface area contributed by atoms with Crippen LogP contribution in [0.15, 0.2) is 83.3 Å². The third-order valence-corrected chi connectivity index (χ3v) is 5.27. The third kappa shape index (κ3) is 5.56. The summed E-state index contributed by atoms with van der Waals surface area (Å²) in [6.45, 7) is 2.74. The standard InChI is InChI=1S/C26H23ClN2O3/c1-18-24(17-31-23-5-3-2-4-6-23)29-26(32-18)21-11-9-20(10-12-21)25(30)28-16-15-19-7-13-22(27)14-8-19/h2-14H,15-17H2,1H3,(H,28,30). The third-order valence-electron chi connectivity index (χ3n) is 5.02. The highest BCUT2D eigenvalue weighted by Crippen LogP contribution is 2.23. The summed E-state index contributed by atoms with van der Waals surface area (Å²) in [5, 5.41) is 3.64. The first-order valence-electron chi connectivity index (χ1n) is 10.4. The van der Waals surface area contributed by atoms with Crippen molar-refractivity contribution in [3.8, 4) is 17.2 Å². The highest BCUT2D eigenvalue weighted by atomic mass is 35.5. The lowest BCUT2D eigenvalue weighted by atomic mass is 10.1. The molecule has 0 bridgehead atoms. The normalized spacial score (nSPS) is 10.7. The van der Waals surface area contributed by atoms with Gasteiger partial charge in [0.25, 0.3) is 5.91 Å². The van der Waals surface area contributed by atoms with Gasteiger partial charge in [0.1, 0.15) is 23.8 Å². The van der Waals surface area contributed by atoms with Crippen molar-refractivity contribution in [2.24, 2.45) is 0 Å². The lowest BCUT2D eigenvalue weighted by Gasteiger charge is -2.06. The van der Waals surface area contributed by atoms with Crippen LogP contribution in [-0.4, -0.2) is 17.4 Å². The van der Waals surface area contributed by atoms with Gasteiger partial charge in [-0.1, -0.05) is 41.9 Å². The number of nitrogens with zero attached hydrogens (tertiary/aromatic N) is 1. The summed E-state index contributed by atoms with van der Waals surface area (Å²) >= 11 is 5.90. The average Bonchev–Trinajstić information content (AvgIpc) is 3.20. The summed E-state index contributed by atoms with van der Waals surface area (Å²) < 4.78 is 11.6. The zero-order chi connectivity index (χ0) is 22.3. The zero-order valence-electron chi connectivity index (χ0n) is 17.7. The number of aromatic nitrogens is 1. The number of nitrogens with one attached hydrogen (secondary N) is 1. The smallest absolute Gasteiger partial charge is 0.251 e. The van der Waals surface area contributed by atoms with E-state index in [0.717, 1.165) is 29.0 Å². The van der Waals surface area contributed by atoms with Gasteiger partial charge >= 0.3 is 0 Å². The van der Waals surface area contributed by atoms with Crippen molar-refractivity contribution in [3.05, 3.63) is 106 Å².